The molecule has 0 aromatic heterocycles. The predicted octanol–water partition coefficient (Wildman–Crippen LogP) is 0.506. The van der Waals surface area contributed by atoms with Gasteiger partial charge in [-0.25, -0.2) is 4.99 Å². The molecule has 0 aromatic carbocycles. The summed E-state index contributed by atoms with van der Waals surface area (Å²) < 4.78 is 11.4. The number of hydrogen-bond acceptors (Lipinski definition) is 6. The van der Waals surface area contributed by atoms with Gasteiger partial charge >= 0.3 is 0 Å². The second-order valence-corrected chi connectivity index (χ2v) is 5.67. The number of amidine groups is 1. The third-order valence-electron chi connectivity index (χ3n) is 4.71. The van der Waals surface area contributed by atoms with Crippen LogP contribution in [0.25, 0.3) is 0 Å². The smallest absolute Gasteiger partial charge is 0.293 e. The van der Waals surface area contributed by atoms with E-state index in [1.807, 2.05) is 20.8 Å². The van der Waals surface area contributed by atoms with Gasteiger partial charge in [0.25, 0.3) is 5.91 Å². The third kappa shape index (κ3) is 0.705. The highest BCUT2D eigenvalue weighted by Gasteiger charge is 2.98. The fourth-order valence-electron chi connectivity index (χ4n) is 3.75. The molecule has 2 fully saturated rings. The molecule has 0 amide bonds. The Kier molecular flexibility index (Phi) is 1.71. The Hall–Kier alpha value is -1.63. The summed E-state index contributed by atoms with van der Waals surface area (Å²) in [5.41, 5.74) is 3.01. The second-order valence-electron chi connectivity index (χ2n) is 5.67. The van der Waals surface area contributed by atoms with Gasteiger partial charge in [-0.2, -0.15) is 10.5 Å². The zero-order valence-corrected chi connectivity index (χ0v) is 10.5. The number of nitriles is 2. The Labute approximate surface area is 105 Å². The molecule has 1 saturated carbocycles. The van der Waals surface area contributed by atoms with Gasteiger partial charge in [-0.15, -0.1) is 0 Å². The van der Waals surface area contributed by atoms with Crippen LogP contribution < -0.4 is 5.73 Å². The molecule has 1 spiro atoms. The minimum absolute atomic E-state index is 0.144. The van der Waals surface area contributed by atoms with Gasteiger partial charge in [0.1, 0.15) is 11.3 Å². The van der Waals surface area contributed by atoms with Crippen LogP contribution in [0.15, 0.2) is 4.99 Å². The topological polar surface area (TPSA) is 104 Å². The van der Waals surface area contributed by atoms with Crippen LogP contribution in [0.2, 0.25) is 0 Å². The van der Waals surface area contributed by atoms with Gasteiger partial charge in [0, 0.05) is 5.41 Å². The van der Waals surface area contributed by atoms with Crippen molar-refractivity contribution >= 4 is 5.84 Å². The summed E-state index contributed by atoms with van der Waals surface area (Å²) >= 11 is 0. The zero-order chi connectivity index (χ0) is 13.4. The fourth-order valence-corrected chi connectivity index (χ4v) is 3.75. The van der Waals surface area contributed by atoms with E-state index < -0.39 is 22.2 Å². The first-order chi connectivity index (χ1) is 8.35. The molecule has 4 atom stereocenters. The molecule has 18 heavy (non-hydrogen) atoms. The molecule has 6 nitrogen and oxygen atoms in total. The van der Waals surface area contributed by atoms with E-state index in [1.54, 1.807) is 0 Å². The minimum atomic E-state index is -1.41. The molecule has 2 aliphatic heterocycles. The van der Waals surface area contributed by atoms with Crippen LogP contribution in [0.3, 0.4) is 0 Å². The van der Waals surface area contributed by atoms with Crippen LogP contribution in [0.1, 0.15) is 20.8 Å². The quantitative estimate of drug-likeness (QED) is 0.670. The maximum Gasteiger partial charge on any atom is 0.293 e. The lowest BCUT2D eigenvalue weighted by atomic mass is 9.93. The van der Waals surface area contributed by atoms with E-state index in [4.69, 9.17) is 15.2 Å². The first-order valence-corrected chi connectivity index (χ1v) is 5.85. The highest BCUT2D eigenvalue weighted by molar-refractivity contribution is 5.99. The predicted molar refractivity (Wildman–Crippen MR) is 60.7 cm³/mol. The number of hydrogen-bond donors (Lipinski definition) is 1. The number of ether oxygens (including phenoxy) is 2. The standard InChI is InChI=1S/C12H14N4O2/c1-7-4-17-12(18-7)11(6-14)9(2,3)10(11,5-13)8(15)16-12/h7H,4H2,1-3H3,(H2,15,16)/t7-,10-,11+,12-/m0/s1. The lowest BCUT2D eigenvalue weighted by molar-refractivity contribution is -0.199. The number of aliphatic imine (C=N–C) groups is 1. The van der Waals surface area contributed by atoms with E-state index in [-0.39, 0.29) is 11.9 Å². The number of nitrogens with two attached hydrogens (primary N) is 1. The van der Waals surface area contributed by atoms with Gasteiger partial charge in [-0.3, -0.25) is 0 Å². The molecule has 94 valence electrons. The molecule has 0 bridgehead atoms. The summed E-state index contributed by atoms with van der Waals surface area (Å²) in [5.74, 6) is -1.27. The van der Waals surface area contributed by atoms with E-state index >= 15 is 0 Å². The monoisotopic (exact) mass is 246 g/mol. The molecule has 1 saturated heterocycles. The Bertz CT molecular complexity index is 557. The molecule has 0 unspecified atom stereocenters. The van der Waals surface area contributed by atoms with Crippen molar-refractivity contribution in [3.8, 4) is 12.1 Å². The maximum atomic E-state index is 9.64. The summed E-state index contributed by atoms with van der Waals surface area (Å²) in [7, 11) is 0. The number of fused-ring (bicyclic) bond motifs is 2. The van der Waals surface area contributed by atoms with Crippen molar-refractivity contribution in [1.82, 2.24) is 0 Å². The first-order valence-electron chi connectivity index (χ1n) is 5.85. The van der Waals surface area contributed by atoms with Crippen molar-refractivity contribution in [3.05, 3.63) is 0 Å². The lowest BCUT2D eigenvalue weighted by Gasteiger charge is -2.28. The average molecular weight is 246 g/mol. The molecule has 0 radical (unpaired) electrons. The van der Waals surface area contributed by atoms with Gasteiger partial charge in [0.05, 0.1) is 24.8 Å². The van der Waals surface area contributed by atoms with Gasteiger partial charge < -0.3 is 15.2 Å². The number of rotatable bonds is 0. The Morgan fingerprint density at radius 1 is 1.39 bits per heavy atom. The van der Waals surface area contributed by atoms with E-state index in [1.165, 1.54) is 0 Å². The highest BCUT2D eigenvalue weighted by Crippen LogP contribution is 2.85. The molecule has 2 N–H and O–H groups in total. The van der Waals surface area contributed by atoms with Gasteiger partial charge in [0.2, 0.25) is 0 Å². The largest absolute Gasteiger partial charge is 0.386 e. The SMILES string of the molecule is C[C@H]1CO[C@]2(N=C(N)[C@@]3(C#N)C(C)(C)[C@@]23C#N)O1. The molecule has 0 aromatic rings. The van der Waals surface area contributed by atoms with Crippen molar-refractivity contribution in [2.24, 2.45) is 27.0 Å². The van der Waals surface area contributed by atoms with Gasteiger partial charge in [-0.1, -0.05) is 13.8 Å². The second kappa shape index (κ2) is 2.69. The van der Waals surface area contributed by atoms with Crippen LogP contribution in [0.4, 0.5) is 0 Å². The fraction of sp³-hybridized carbons (Fsp3) is 0.750. The van der Waals surface area contributed by atoms with Crippen molar-refractivity contribution in [1.29, 1.82) is 10.5 Å². The highest BCUT2D eigenvalue weighted by atomic mass is 16.8. The summed E-state index contributed by atoms with van der Waals surface area (Å²) in [6.07, 6.45) is -0.169. The molecule has 3 aliphatic rings. The Morgan fingerprint density at radius 3 is 2.44 bits per heavy atom. The summed E-state index contributed by atoms with van der Waals surface area (Å²) in [4.78, 5) is 4.19. The van der Waals surface area contributed by atoms with E-state index in [2.05, 4.69) is 17.1 Å². The Morgan fingerprint density at radius 2 is 2.06 bits per heavy atom. The van der Waals surface area contributed by atoms with Crippen LogP contribution in [0, 0.1) is 38.9 Å². The molecular formula is C12H14N4O2. The summed E-state index contributed by atoms with van der Waals surface area (Å²) in [5, 5.41) is 19.1. The minimum Gasteiger partial charge on any atom is -0.386 e. The zero-order valence-electron chi connectivity index (χ0n) is 10.5. The molecule has 6 heteroatoms. The molecule has 3 rings (SSSR count). The lowest BCUT2D eigenvalue weighted by Crippen LogP contribution is -2.40. The van der Waals surface area contributed by atoms with Crippen LogP contribution >= 0.6 is 0 Å². The van der Waals surface area contributed by atoms with Crippen LogP contribution in [0.5, 0.6) is 0 Å². The van der Waals surface area contributed by atoms with E-state index in [9.17, 15) is 10.5 Å². The molecule has 1 aliphatic carbocycles. The average Bonchev–Trinajstić information content (AvgIpc) is 2.56. The van der Waals surface area contributed by atoms with Crippen LogP contribution in [-0.4, -0.2) is 24.5 Å². The van der Waals surface area contributed by atoms with E-state index in [0.29, 0.717) is 6.61 Å². The van der Waals surface area contributed by atoms with Crippen molar-refractivity contribution < 1.29 is 9.47 Å². The van der Waals surface area contributed by atoms with Crippen molar-refractivity contribution in [3.63, 3.8) is 0 Å². The van der Waals surface area contributed by atoms with Crippen molar-refractivity contribution in [2.45, 2.75) is 32.8 Å². The normalized spacial score (nSPS) is 51.4. The first kappa shape index (κ1) is 11.5. The number of nitrogens with zero attached hydrogens (tertiary/aromatic N) is 3. The maximum absolute atomic E-state index is 9.64. The van der Waals surface area contributed by atoms with Gasteiger partial charge in [-0.05, 0) is 6.92 Å². The summed E-state index contributed by atoms with van der Waals surface area (Å²) in [6.45, 7) is 5.85. The Balaban J connectivity index is 2.24. The molecular weight excluding hydrogens is 232 g/mol. The van der Waals surface area contributed by atoms with E-state index in [0.717, 1.165) is 0 Å². The molecule has 2 heterocycles. The van der Waals surface area contributed by atoms with Crippen molar-refractivity contribution in [2.75, 3.05) is 6.61 Å². The third-order valence-corrected chi connectivity index (χ3v) is 4.71. The van der Waals surface area contributed by atoms with Gasteiger partial charge in [0.15, 0.2) is 5.41 Å². The summed E-state index contributed by atoms with van der Waals surface area (Å²) in [6, 6.07) is 4.39. The van der Waals surface area contributed by atoms with Crippen LogP contribution in [-0.2, 0) is 9.47 Å².